The first kappa shape index (κ1) is 17.8. The molecule has 1 fully saturated rings. The van der Waals surface area contributed by atoms with Crippen LogP contribution in [0.5, 0.6) is 0 Å². The lowest BCUT2D eigenvalue weighted by Crippen LogP contribution is -2.26. The fourth-order valence-corrected chi connectivity index (χ4v) is 2.47. The lowest BCUT2D eigenvalue weighted by atomic mass is 10.2. The van der Waals surface area contributed by atoms with E-state index in [4.69, 9.17) is 0 Å². The Hall–Kier alpha value is -2.96. The summed E-state index contributed by atoms with van der Waals surface area (Å²) in [7, 11) is 0. The van der Waals surface area contributed by atoms with Gasteiger partial charge in [-0.05, 0) is 43.5 Å². The van der Waals surface area contributed by atoms with Gasteiger partial charge >= 0.3 is 0 Å². The molecule has 2 amide bonds. The maximum Gasteiger partial charge on any atom is 0.276 e. The lowest BCUT2D eigenvalue weighted by molar-refractivity contribution is 0.0949. The number of amides is 2. The number of nitrogens with zero attached hydrogens (tertiary/aromatic N) is 2. The molecule has 0 aliphatic heterocycles. The van der Waals surface area contributed by atoms with Gasteiger partial charge in [-0.25, -0.2) is 4.68 Å². The molecule has 1 saturated carbocycles. The molecule has 1 heterocycles. The number of aromatic nitrogens is 2. The highest BCUT2D eigenvalue weighted by Gasteiger charge is 2.23. The summed E-state index contributed by atoms with van der Waals surface area (Å²) in [5, 5.41) is 9.77. The van der Waals surface area contributed by atoms with Crippen molar-refractivity contribution >= 4 is 17.5 Å². The fourth-order valence-electron chi connectivity index (χ4n) is 2.47. The van der Waals surface area contributed by atoms with Crippen LogP contribution in [0.2, 0.25) is 0 Å². The van der Waals surface area contributed by atoms with Gasteiger partial charge in [0.15, 0.2) is 0 Å². The van der Waals surface area contributed by atoms with Gasteiger partial charge in [0.1, 0.15) is 5.69 Å². The van der Waals surface area contributed by atoms with Crippen molar-refractivity contribution in [1.82, 2.24) is 15.1 Å². The van der Waals surface area contributed by atoms with Crippen LogP contribution in [0, 0.1) is 0 Å². The van der Waals surface area contributed by atoms with E-state index in [-0.39, 0.29) is 23.2 Å². The van der Waals surface area contributed by atoms with Crippen molar-refractivity contribution in [2.24, 2.45) is 0 Å². The largest absolute Gasteiger partial charge is 0.349 e. The zero-order chi connectivity index (χ0) is 18.5. The van der Waals surface area contributed by atoms with Gasteiger partial charge in [0.05, 0.1) is 0 Å². The zero-order valence-electron chi connectivity index (χ0n) is 14.7. The standard InChI is InChI=1S/C19H22N4O3/c1-2-3-11-23-17(24)10-9-16(22-23)19(26)21-15-6-4-5-13(12-15)18(25)20-14-7-8-14/h4-6,9-10,12,14H,2-3,7-8,11H2,1H3,(H,20,25)(H,21,26). The Morgan fingerprint density at radius 2 is 2.00 bits per heavy atom. The number of aryl methyl sites for hydroxylation is 1. The van der Waals surface area contributed by atoms with E-state index in [1.807, 2.05) is 6.92 Å². The molecule has 0 saturated heterocycles. The predicted octanol–water partition coefficient (Wildman–Crippen LogP) is 2.19. The van der Waals surface area contributed by atoms with Crippen LogP contribution >= 0.6 is 0 Å². The van der Waals surface area contributed by atoms with E-state index in [0.717, 1.165) is 25.7 Å². The van der Waals surface area contributed by atoms with Crippen molar-refractivity contribution < 1.29 is 9.59 Å². The van der Waals surface area contributed by atoms with E-state index < -0.39 is 5.91 Å². The number of rotatable bonds is 7. The Morgan fingerprint density at radius 3 is 2.73 bits per heavy atom. The predicted molar refractivity (Wildman–Crippen MR) is 98.3 cm³/mol. The SMILES string of the molecule is CCCCn1nc(C(=O)Nc2cccc(C(=O)NC3CC3)c2)ccc1=O. The van der Waals surface area contributed by atoms with Crippen molar-refractivity contribution in [3.8, 4) is 0 Å². The first-order valence-electron chi connectivity index (χ1n) is 8.87. The van der Waals surface area contributed by atoms with E-state index >= 15 is 0 Å². The van der Waals surface area contributed by atoms with Crippen LogP contribution in [0.15, 0.2) is 41.2 Å². The molecule has 1 aliphatic rings. The number of nitrogens with one attached hydrogen (secondary N) is 2. The number of hydrogen-bond acceptors (Lipinski definition) is 4. The summed E-state index contributed by atoms with van der Waals surface area (Å²) < 4.78 is 1.30. The second-order valence-corrected chi connectivity index (χ2v) is 6.42. The fraction of sp³-hybridized carbons (Fsp3) is 0.368. The summed E-state index contributed by atoms with van der Waals surface area (Å²) >= 11 is 0. The molecule has 0 bridgehead atoms. The van der Waals surface area contributed by atoms with Crippen LogP contribution in [0.25, 0.3) is 0 Å². The highest BCUT2D eigenvalue weighted by Crippen LogP contribution is 2.20. The minimum atomic E-state index is -0.421. The average Bonchev–Trinajstić information content (AvgIpc) is 3.45. The third-order valence-corrected chi connectivity index (χ3v) is 4.12. The monoisotopic (exact) mass is 354 g/mol. The van der Waals surface area contributed by atoms with E-state index in [9.17, 15) is 14.4 Å². The molecule has 0 radical (unpaired) electrons. The summed E-state index contributed by atoms with van der Waals surface area (Å²) in [6.07, 6.45) is 3.78. The summed E-state index contributed by atoms with van der Waals surface area (Å²) in [5.74, 6) is -0.565. The van der Waals surface area contributed by atoms with Crippen LogP contribution in [0.3, 0.4) is 0 Å². The Kier molecular flexibility index (Phi) is 5.46. The second kappa shape index (κ2) is 7.95. The van der Waals surface area contributed by atoms with Gasteiger partial charge < -0.3 is 10.6 Å². The molecule has 1 aromatic carbocycles. The first-order chi connectivity index (χ1) is 12.6. The number of carbonyl (C=O) groups excluding carboxylic acids is 2. The molecule has 3 rings (SSSR count). The van der Waals surface area contributed by atoms with Gasteiger partial charge in [-0.15, -0.1) is 0 Å². The van der Waals surface area contributed by atoms with Crippen molar-refractivity contribution in [2.45, 2.75) is 45.2 Å². The second-order valence-electron chi connectivity index (χ2n) is 6.42. The summed E-state index contributed by atoms with van der Waals surface area (Å²) in [4.78, 5) is 36.3. The van der Waals surface area contributed by atoms with Gasteiger partial charge in [-0.1, -0.05) is 19.4 Å². The van der Waals surface area contributed by atoms with E-state index in [2.05, 4.69) is 15.7 Å². The highest BCUT2D eigenvalue weighted by atomic mass is 16.2. The van der Waals surface area contributed by atoms with Crippen LogP contribution < -0.4 is 16.2 Å². The van der Waals surface area contributed by atoms with E-state index in [1.165, 1.54) is 16.8 Å². The Morgan fingerprint density at radius 1 is 1.19 bits per heavy atom. The molecule has 26 heavy (non-hydrogen) atoms. The number of hydrogen-bond donors (Lipinski definition) is 2. The maximum absolute atomic E-state index is 12.4. The number of anilines is 1. The topological polar surface area (TPSA) is 93.1 Å². The van der Waals surface area contributed by atoms with Crippen molar-refractivity contribution in [1.29, 1.82) is 0 Å². The molecule has 2 aromatic rings. The Balaban J connectivity index is 1.71. The molecule has 1 aliphatic carbocycles. The normalized spacial score (nSPS) is 13.3. The van der Waals surface area contributed by atoms with Crippen molar-refractivity contribution in [2.75, 3.05) is 5.32 Å². The van der Waals surface area contributed by atoms with E-state index in [0.29, 0.717) is 17.8 Å². The lowest BCUT2D eigenvalue weighted by Gasteiger charge is -2.09. The number of unbranched alkanes of at least 4 members (excludes halogenated alkanes) is 1. The maximum atomic E-state index is 12.4. The van der Waals surface area contributed by atoms with Gasteiger partial charge in [0.2, 0.25) is 0 Å². The zero-order valence-corrected chi connectivity index (χ0v) is 14.7. The summed E-state index contributed by atoms with van der Waals surface area (Å²) in [5.41, 5.74) is 0.935. The highest BCUT2D eigenvalue weighted by molar-refractivity contribution is 6.03. The van der Waals surface area contributed by atoms with Crippen LogP contribution in [-0.2, 0) is 6.54 Å². The molecule has 0 unspecified atom stereocenters. The van der Waals surface area contributed by atoms with Crippen LogP contribution in [0.1, 0.15) is 53.5 Å². The number of benzene rings is 1. The molecule has 0 atom stereocenters. The first-order valence-corrected chi connectivity index (χ1v) is 8.87. The van der Waals surface area contributed by atoms with Crippen LogP contribution in [-0.4, -0.2) is 27.6 Å². The Bertz CT molecular complexity index is 871. The minimum Gasteiger partial charge on any atom is -0.349 e. The third-order valence-electron chi connectivity index (χ3n) is 4.12. The Labute approximate surface area is 151 Å². The smallest absolute Gasteiger partial charge is 0.276 e. The average molecular weight is 354 g/mol. The quantitative estimate of drug-likeness (QED) is 0.797. The molecule has 7 nitrogen and oxygen atoms in total. The molecule has 0 spiro atoms. The molecule has 7 heteroatoms. The molecule has 136 valence electrons. The summed E-state index contributed by atoms with van der Waals surface area (Å²) in [6.45, 7) is 2.50. The molecule has 2 N–H and O–H groups in total. The molecule has 1 aromatic heterocycles. The summed E-state index contributed by atoms with van der Waals surface area (Å²) in [6, 6.07) is 9.78. The van der Waals surface area contributed by atoms with Gasteiger partial charge in [-0.2, -0.15) is 5.10 Å². The van der Waals surface area contributed by atoms with Gasteiger partial charge in [0, 0.05) is 29.9 Å². The van der Waals surface area contributed by atoms with E-state index in [1.54, 1.807) is 24.3 Å². The van der Waals surface area contributed by atoms with Gasteiger partial charge in [-0.3, -0.25) is 14.4 Å². The van der Waals surface area contributed by atoms with Crippen molar-refractivity contribution in [3.05, 3.63) is 58.0 Å². The molecular formula is C19H22N4O3. The third kappa shape index (κ3) is 4.56. The minimum absolute atomic E-state index is 0.144. The van der Waals surface area contributed by atoms with Crippen LogP contribution in [0.4, 0.5) is 5.69 Å². The van der Waals surface area contributed by atoms with Crippen molar-refractivity contribution in [3.63, 3.8) is 0 Å². The molecular weight excluding hydrogens is 332 g/mol. The number of carbonyl (C=O) groups is 2. The van der Waals surface area contributed by atoms with Gasteiger partial charge in [0.25, 0.3) is 17.4 Å².